The monoisotopic (exact) mass is 302 g/mol. The molecule has 0 aliphatic heterocycles. The molecular weight excluding hydrogens is 286 g/mol. The molecule has 0 bridgehead atoms. The lowest BCUT2D eigenvalue weighted by Gasteiger charge is -2.40. The molecule has 1 fully saturated rings. The van der Waals surface area contributed by atoms with E-state index in [2.05, 4.69) is 5.32 Å². The summed E-state index contributed by atoms with van der Waals surface area (Å²) in [6.07, 6.45) is 5.48. The SMILES string of the molecule is CSC1(CNCc2cc([N+](=O)[O-])c(F)cc2F)CCC1. The maximum absolute atomic E-state index is 13.6. The molecule has 2 rings (SSSR count). The molecule has 1 N–H and O–H groups in total. The van der Waals surface area contributed by atoms with E-state index < -0.39 is 22.2 Å². The van der Waals surface area contributed by atoms with E-state index in [1.165, 1.54) is 6.42 Å². The van der Waals surface area contributed by atoms with Crippen LogP contribution in [0.2, 0.25) is 0 Å². The number of thioether (sulfide) groups is 1. The van der Waals surface area contributed by atoms with Gasteiger partial charge in [0.2, 0.25) is 5.82 Å². The summed E-state index contributed by atoms with van der Waals surface area (Å²) >= 11 is 1.78. The highest BCUT2D eigenvalue weighted by Gasteiger charge is 2.35. The predicted molar refractivity (Wildman–Crippen MR) is 74.8 cm³/mol. The minimum absolute atomic E-state index is 0.119. The van der Waals surface area contributed by atoms with Gasteiger partial charge in [0.15, 0.2) is 0 Å². The number of benzene rings is 1. The average Bonchev–Trinajstić information content (AvgIpc) is 2.34. The zero-order valence-corrected chi connectivity index (χ0v) is 11.9. The molecule has 7 heteroatoms. The van der Waals surface area contributed by atoms with E-state index in [4.69, 9.17) is 0 Å². The van der Waals surface area contributed by atoms with Gasteiger partial charge in [-0.2, -0.15) is 16.2 Å². The van der Waals surface area contributed by atoms with Crippen molar-refractivity contribution in [1.29, 1.82) is 0 Å². The van der Waals surface area contributed by atoms with Gasteiger partial charge >= 0.3 is 5.69 Å². The molecule has 1 aliphatic rings. The molecule has 110 valence electrons. The van der Waals surface area contributed by atoms with E-state index in [0.717, 1.165) is 25.5 Å². The summed E-state index contributed by atoms with van der Waals surface area (Å²) in [7, 11) is 0. The van der Waals surface area contributed by atoms with Crippen molar-refractivity contribution in [3.8, 4) is 0 Å². The molecular formula is C13H16F2N2O2S. The number of hydrogen-bond donors (Lipinski definition) is 1. The summed E-state index contributed by atoms with van der Waals surface area (Å²) in [5.74, 6) is -1.90. The zero-order valence-electron chi connectivity index (χ0n) is 11.1. The maximum atomic E-state index is 13.6. The lowest BCUT2D eigenvalue weighted by molar-refractivity contribution is -0.387. The van der Waals surface area contributed by atoms with E-state index in [0.29, 0.717) is 6.07 Å². The molecule has 0 saturated heterocycles. The van der Waals surface area contributed by atoms with Crippen LogP contribution in [0.15, 0.2) is 12.1 Å². The third kappa shape index (κ3) is 3.09. The lowest BCUT2D eigenvalue weighted by Crippen LogP contribution is -2.43. The summed E-state index contributed by atoms with van der Waals surface area (Å²) in [5, 5.41) is 13.8. The Kier molecular flexibility index (Phi) is 4.59. The van der Waals surface area contributed by atoms with E-state index in [-0.39, 0.29) is 16.9 Å². The van der Waals surface area contributed by atoms with Crippen LogP contribution < -0.4 is 5.32 Å². The molecule has 0 heterocycles. The Balaban J connectivity index is 2.02. The van der Waals surface area contributed by atoms with E-state index in [1.807, 2.05) is 6.26 Å². The summed E-state index contributed by atoms with van der Waals surface area (Å²) in [6, 6.07) is 1.53. The average molecular weight is 302 g/mol. The van der Waals surface area contributed by atoms with Crippen molar-refractivity contribution < 1.29 is 13.7 Å². The standard InChI is InChI=1S/C13H16F2N2O2S/c1-20-13(3-2-4-13)8-16-7-9-5-12(17(18)19)11(15)6-10(9)14/h5-6,16H,2-4,7-8H2,1H3. The number of nitro benzene ring substituents is 1. The fourth-order valence-corrected chi connectivity index (χ4v) is 3.25. The largest absolute Gasteiger partial charge is 0.311 e. The van der Waals surface area contributed by atoms with E-state index in [9.17, 15) is 18.9 Å². The van der Waals surface area contributed by atoms with Gasteiger partial charge in [0.1, 0.15) is 5.82 Å². The molecule has 1 aromatic carbocycles. The molecule has 0 radical (unpaired) electrons. The second-order valence-corrected chi connectivity index (χ2v) is 6.27. The second-order valence-electron chi connectivity index (χ2n) is 5.00. The summed E-state index contributed by atoms with van der Waals surface area (Å²) < 4.78 is 27.0. The Hall–Kier alpha value is -1.21. The zero-order chi connectivity index (χ0) is 14.8. The van der Waals surface area contributed by atoms with E-state index in [1.54, 1.807) is 11.8 Å². The number of nitro groups is 1. The predicted octanol–water partition coefficient (Wildman–Crippen LogP) is 3.25. The first-order chi connectivity index (χ1) is 9.47. The topological polar surface area (TPSA) is 55.2 Å². The summed E-state index contributed by atoms with van der Waals surface area (Å²) in [5.41, 5.74) is -0.569. The first-order valence-corrected chi connectivity index (χ1v) is 7.58. The number of hydrogen-bond acceptors (Lipinski definition) is 4. The highest BCUT2D eigenvalue weighted by Crippen LogP contribution is 2.42. The Morgan fingerprint density at radius 1 is 1.40 bits per heavy atom. The fraction of sp³-hybridized carbons (Fsp3) is 0.538. The van der Waals surface area contributed by atoms with Gasteiger partial charge in [0, 0.05) is 35.5 Å². The van der Waals surface area contributed by atoms with Gasteiger partial charge in [-0.25, -0.2) is 4.39 Å². The van der Waals surface area contributed by atoms with Gasteiger partial charge in [-0.3, -0.25) is 10.1 Å². The first kappa shape index (κ1) is 15.2. The smallest absolute Gasteiger partial charge is 0.305 e. The van der Waals surface area contributed by atoms with Gasteiger partial charge in [-0.1, -0.05) is 6.42 Å². The third-order valence-corrected chi connectivity index (χ3v) is 5.19. The van der Waals surface area contributed by atoms with Crippen molar-refractivity contribution in [3.63, 3.8) is 0 Å². The fourth-order valence-electron chi connectivity index (χ4n) is 2.31. The van der Waals surface area contributed by atoms with Crippen molar-refractivity contribution in [2.75, 3.05) is 12.8 Å². The number of rotatable bonds is 6. The van der Waals surface area contributed by atoms with Crippen LogP contribution in [-0.4, -0.2) is 22.5 Å². The van der Waals surface area contributed by atoms with Crippen molar-refractivity contribution in [3.05, 3.63) is 39.4 Å². The molecule has 1 aromatic rings. The molecule has 0 aromatic heterocycles. The van der Waals surface area contributed by atoms with Crippen LogP contribution >= 0.6 is 11.8 Å². The number of halogens is 2. The van der Waals surface area contributed by atoms with Gasteiger partial charge in [0.05, 0.1) is 4.92 Å². The molecule has 0 spiro atoms. The first-order valence-electron chi connectivity index (χ1n) is 6.36. The van der Waals surface area contributed by atoms with Crippen LogP contribution in [0.4, 0.5) is 14.5 Å². The van der Waals surface area contributed by atoms with Crippen LogP contribution in [0.1, 0.15) is 24.8 Å². The lowest BCUT2D eigenvalue weighted by atomic mass is 9.84. The van der Waals surface area contributed by atoms with Gasteiger partial charge in [0.25, 0.3) is 0 Å². The van der Waals surface area contributed by atoms with Crippen LogP contribution in [0, 0.1) is 21.7 Å². The van der Waals surface area contributed by atoms with Crippen molar-refractivity contribution >= 4 is 17.4 Å². The van der Waals surface area contributed by atoms with Crippen molar-refractivity contribution in [1.82, 2.24) is 5.32 Å². The molecule has 0 amide bonds. The summed E-state index contributed by atoms with van der Waals surface area (Å²) in [4.78, 5) is 9.80. The highest BCUT2D eigenvalue weighted by atomic mass is 32.2. The van der Waals surface area contributed by atoms with Gasteiger partial charge < -0.3 is 5.32 Å². The quantitative estimate of drug-likeness (QED) is 0.647. The molecule has 0 unspecified atom stereocenters. The Morgan fingerprint density at radius 3 is 2.60 bits per heavy atom. The Morgan fingerprint density at radius 2 is 2.10 bits per heavy atom. The Bertz CT molecular complexity index is 516. The molecule has 4 nitrogen and oxygen atoms in total. The molecule has 1 saturated carbocycles. The molecule has 0 atom stereocenters. The van der Waals surface area contributed by atoms with Crippen LogP contribution in [-0.2, 0) is 6.54 Å². The summed E-state index contributed by atoms with van der Waals surface area (Å²) in [6.45, 7) is 0.883. The molecule has 1 aliphatic carbocycles. The van der Waals surface area contributed by atoms with Crippen LogP contribution in [0.25, 0.3) is 0 Å². The maximum Gasteiger partial charge on any atom is 0.305 e. The van der Waals surface area contributed by atoms with Crippen LogP contribution in [0.5, 0.6) is 0 Å². The Labute approximate surface area is 120 Å². The second kappa shape index (κ2) is 6.05. The highest BCUT2D eigenvalue weighted by molar-refractivity contribution is 8.00. The minimum Gasteiger partial charge on any atom is -0.311 e. The normalized spacial score (nSPS) is 16.8. The van der Waals surface area contributed by atoms with Crippen LogP contribution in [0.3, 0.4) is 0 Å². The third-order valence-electron chi connectivity index (χ3n) is 3.77. The van der Waals surface area contributed by atoms with Gasteiger partial charge in [-0.05, 0) is 19.1 Å². The number of nitrogens with zero attached hydrogens (tertiary/aromatic N) is 1. The van der Waals surface area contributed by atoms with Crippen molar-refractivity contribution in [2.24, 2.45) is 0 Å². The minimum atomic E-state index is -1.14. The van der Waals surface area contributed by atoms with Crippen molar-refractivity contribution in [2.45, 2.75) is 30.6 Å². The number of nitrogens with one attached hydrogen (secondary N) is 1. The van der Waals surface area contributed by atoms with E-state index >= 15 is 0 Å². The van der Waals surface area contributed by atoms with Gasteiger partial charge in [-0.15, -0.1) is 0 Å². The molecule has 20 heavy (non-hydrogen) atoms.